The largest absolute Gasteiger partial charge is 0.481 e. The Bertz CT molecular complexity index is 1130. The van der Waals surface area contributed by atoms with E-state index in [4.69, 9.17) is 15.2 Å². The average Bonchev–Trinajstić information content (AvgIpc) is 2.78. The number of amides is 1. The molecule has 2 N–H and O–H groups in total. The van der Waals surface area contributed by atoms with Crippen molar-refractivity contribution in [3.8, 4) is 17.1 Å². The number of nitrogens with zero attached hydrogens (tertiary/aromatic N) is 5. The molecule has 3 heterocycles. The van der Waals surface area contributed by atoms with E-state index in [-0.39, 0.29) is 25.0 Å². The van der Waals surface area contributed by atoms with Crippen molar-refractivity contribution in [3.05, 3.63) is 40.9 Å². The Morgan fingerprint density at radius 2 is 2.03 bits per heavy atom. The second-order valence-electron chi connectivity index (χ2n) is 7.12. The van der Waals surface area contributed by atoms with Gasteiger partial charge in [-0.15, -0.1) is 0 Å². The standard InChI is InChI=1S/C21H26N6O4/c1-13(2)31-8-7-27-17-9-15(14-5-6-18(30-4)24-11-14)23-12-16(17)25-20(21(27)29)26(3)19(28)10-22/h5-6,9,11-13H,7-8,10,22H2,1-4H3. The number of fused-ring (bicyclic) bond motifs is 1. The number of carbonyl (C=O) groups is 1. The Morgan fingerprint density at radius 3 is 2.65 bits per heavy atom. The zero-order valence-corrected chi connectivity index (χ0v) is 18.0. The van der Waals surface area contributed by atoms with Crippen molar-refractivity contribution >= 4 is 22.8 Å². The van der Waals surface area contributed by atoms with E-state index in [1.54, 1.807) is 36.2 Å². The Morgan fingerprint density at radius 1 is 1.26 bits per heavy atom. The fraction of sp³-hybridized carbons (Fsp3) is 0.381. The van der Waals surface area contributed by atoms with Gasteiger partial charge in [0.15, 0.2) is 0 Å². The monoisotopic (exact) mass is 426 g/mol. The molecule has 0 saturated carbocycles. The lowest BCUT2D eigenvalue weighted by atomic mass is 10.2. The SMILES string of the molecule is COc1ccc(-c2cc3c(cn2)nc(N(C)C(=O)CN)c(=O)n3CCOC(C)C)cn1. The minimum Gasteiger partial charge on any atom is -0.481 e. The van der Waals surface area contributed by atoms with Gasteiger partial charge in [-0.1, -0.05) is 0 Å². The molecule has 31 heavy (non-hydrogen) atoms. The van der Waals surface area contributed by atoms with Gasteiger partial charge in [0.25, 0.3) is 5.56 Å². The van der Waals surface area contributed by atoms with Crippen molar-refractivity contribution in [2.45, 2.75) is 26.5 Å². The molecule has 10 nitrogen and oxygen atoms in total. The molecule has 10 heteroatoms. The van der Waals surface area contributed by atoms with E-state index in [1.807, 2.05) is 19.9 Å². The number of hydrogen-bond acceptors (Lipinski definition) is 8. The maximum Gasteiger partial charge on any atom is 0.294 e. The zero-order valence-electron chi connectivity index (χ0n) is 18.0. The Hall–Kier alpha value is -3.37. The highest BCUT2D eigenvalue weighted by molar-refractivity contribution is 5.94. The van der Waals surface area contributed by atoms with Crippen LogP contribution < -0.4 is 20.9 Å². The summed E-state index contributed by atoms with van der Waals surface area (Å²) in [5, 5.41) is 0. The van der Waals surface area contributed by atoms with Gasteiger partial charge in [0.05, 0.1) is 43.8 Å². The number of methoxy groups -OCH3 is 1. The first-order chi connectivity index (χ1) is 14.8. The summed E-state index contributed by atoms with van der Waals surface area (Å²) in [4.78, 5) is 39.5. The Balaban J connectivity index is 2.13. The molecule has 1 amide bonds. The van der Waals surface area contributed by atoms with Crippen LogP contribution in [-0.4, -0.2) is 58.8 Å². The van der Waals surface area contributed by atoms with Gasteiger partial charge in [0, 0.05) is 31.4 Å². The first-order valence-electron chi connectivity index (χ1n) is 9.85. The second kappa shape index (κ2) is 9.63. The van der Waals surface area contributed by atoms with Gasteiger partial charge in [0.1, 0.15) is 5.52 Å². The number of aromatic nitrogens is 4. The highest BCUT2D eigenvalue weighted by Crippen LogP contribution is 2.22. The van der Waals surface area contributed by atoms with E-state index in [0.29, 0.717) is 29.2 Å². The summed E-state index contributed by atoms with van der Waals surface area (Å²) in [6, 6.07) is 5.34. The molecule has 0 saturated heterocycles. The number of anilines is 1. The van der Waals surface area contributed by atoms with E-state index in [1.165, 1.54) is 11.9 Å². The van der Waals surface area contributed by atoms with Crippen molar-refractivity contribution < 1.29 is 14.3 Å². The van der Waals surface area contributed by atoms with Crippen molar-refractivity contribution in [1.29, 1.82) is 0 Å². The number of hydrogen-bond donors (Lipinski definition) is 1. The highest BCUT2D eigenvalue weighted by Gasteiger charge is 2.19. The fourth-order valence-electron chi connectivity index (χ4n) is 3.02. The molecular weight excluding hydrogens is 400 g/mol. The maximum atomic E-state index is 13.2. The van der Waals surface area contributed by atoms with E-state index < -0.39 is 11.5 Å². The van der Waals surface area contributed by atoms with Gasteiger partial charge in [-0.05, 0) is 26.0 Å². The number of nitrogens with two attached hydrogens (primary N) is 1. The predicted octanol–water partition coefficient (Wildman–Crippen LogP) is 1.21. The lowest BCUT2D eigenvalue weighted by molar-refractivity contribution is -0.117. The van der Waals surface area contributed by atoms with Crippen LogP contribution in [0.3, 0.4) is 0 Å². The molecule has 0 fully saturated rings. The molecule has 0 spiro atoms. The van der Waals surface area contributed by atoms with Gasteiger partial charge in [0.2, 0.25) is 17.6 Å². The van der Waals surface area contributed by atoms with Crippen LogP contribution in [0.4, 0.5) is 5.82 Å². The maximum absolute atomic E-state index is 13.2. The summed E-state index contributed by atoms with van der Waals surface area (Å²) in [6.07, 6.45) is 3.23. The van der Waals surface area contributed by atoms with Crippen LogP contribution in [0.5, 0.6) is 5.88 Å². The number of likely N-dealkylation sites (N-methyl/N-ethyl adjacent to an activating group) is 1. The van der Waals surface area contributed by atoms with Crippen molar-refractivity contribution in [1.82, 2.24) is 19.5 Å². The van der Waals surface area contributed by atoms with Gasteiger partial charge in [-0.25, -0.2) is 9.97 Å². The molecule has 0 bridgehead atoms. The molecule has 0 aliphatic heterocycles. The lowest BCUT2D eigenvalue weighted by Crippen LogP contribution is -2.39. The smallest absolute Gasteiger partial charge is 0.294 e. The zero-order chi connectivity index (χ0) is 22.5. The van der Waals surface area contributed by atoms with Crippen LogP contribution in [0, 0.1) is 0 Å². The second-order valence-corrected chi connectivity index (χ2v) is 7.12. The summed E-state index contributed by atoms with van der Waals surface area (Å²) in [6.45, 7) is 4.23. The van der Waals surface area contributed by atoms with Gasteiger partial charge >= 0.3 is 0 Å². The quantitative estimate of drug-likeness (QED) is 0.570. The first-order valence-corrected chi connectivity index (χ1v) is 9.85. The van der Waals surface area contributed by atoms with Crippen LogP contribution in [0.1, 0.15) is 13.8 Å². The first kappa shape index (κ1) is 22.3. The van der Waals surface area contributed by atoms with Crippen LogP contribution in [0.25, 0.3) is 22.3 Å². The Kier molecular flexibility index (Phi) is 6.93. The van der Waals surface area contributed by atoms with Gasteiger partial charge < -0.3 is 19.8 Å². The van der Waals surface area contributed by atoms with E-state index >= 15 is 0 Å². The molecule has 3 aromatic heterocycles. The van der Waals surface area contributed by atoms with E-state index in [2.05, 4.69) is 15.0 Å². The van der Waals surface area contributed by atoms with Crippen molar-refractivity contribution in [2.75, 3.05) is 32.2 Å². The molecule has 3 aromatic rings. The molecular formula is C21H26N6O4. The minimum absolute atomic E-state index is 0.00633. The normalized spacial score (nSPS) is 11.2. The fourth-order valence-corrected chi connectivity index (χ4v) is 3.02. The molecule has 3 rings (SSSR count). The number of rotatable bonds is 8. The number of ether oxygens (including phenoxy) is 2. The van der Waals surface area contributed by atoms with Crippen LogP contribution >= 0.6 is 0 Å². The minimum atomic E-state index is -0.414. The molecule has 0 atom stereocenters. The van der Waals surface area contributed by atoms with E-state index in [9.17, 15) is 9.59 Å². The summed E-state index contributed by atoms with van der Waals surface area (Å²) >= 11 is 0. The summed E-state index contributed by atoms with van der Waals surface area (Å²) in [5.41, 5.74) is 7.49. The van der Waals surface area contributed by atoms with Gasteiger partial charge in [-0.2, -0.15) is 0 Å². The molecule has 164 valence electrons. The lowest BCUT2D eigenvalue weighted by Gasteiger charge is -2.19. The predicted molar refractivity (Wildman–Crippen MR) is 117 cm³/mol. The number of pyridine rings is 2. The number of carbonyl (C=O) groups excluding carboxylic acids is 1. The van der Waals surface area contributed by atoms with Crippen LogP contribution in [0.2, 0.25) is 0 Å². The van der Waals surface area contributed by atoms with E-state index in [0.717, 1.165) is 5.56 Å². The third-order valence-corrected chi connectivity index (χ3v) is 4.69. The van der Waals surface area contributed by atoms with Crippen molar-refractivity contribution in [3.63, 3.8) is 0 Å². The molecule has 0 unspecified atom stereocenters. The molecule has 0 aliphatic rings. The molecule has 0 aromatic carbocycles. The Labute approximate surface area is 179 Å². The van der Waals surface area contributed by atoms with Gasteiger partial charge in [-0.3, -0.25) is 19.5 Å². The molecule has 0 aliphatic carbocycles. The third-order valence-electron chi connectivity index (χ3n) is 4.69. The van der Waals surface area contributed by atoms with Crippen molar-refractivity contribution in [2.24, 2.45) is 5.73 Å². The topological polar surface area (TPSA) is 125 Å². The van der Waals surface area contributed by atoms with Crippen LogP contribution in [0.15, 0.2) is 35.4 Å². The highest BCUT2D eigenvalue weighted by atomic mass is 16.5. The third kappa shape index (κ3) is 4.86. The van der Waals surface area contributed by atoms with Crippen LogP contribution in [-0.2, 0) is 16.1 Å². The summed E-state index contributed by atoms with van der Waals surface area (Å²) in [7, 11) is 3.02. The summed E-state index contributed by atoms with van der Waals surface area (Å²) < 4.78 is 12.3. The summed E-state index contributed by atoms with van der Waals surface area (Å²) in [5.74, 6) is 0.0715. The average molecular weight is 426 g/mol. The molecule has 0 radical (unpaired) electrons.